The molecule has 6 heteroatoms. The van der Waals surface area contributed by atoms with E-state index in [1.54, 1.807) is 6.26 Å². The van der Waals surface area contributed by atoms with Crippen LogP contribution in [0.15, 0.2) is 76.1 Å². The number of aromatic nitrogens is 1. The Morgan fingerprint density at radius 1 is 0.833 bits per heavy atom. The highest BCUT2D eigenvalue weighted by atomic mass is 16.3. The van der Waals surface area contributed by atoms with E-state index in [1.165, 1.54) is 0 Å². The molecule has 1 amide bonds. The summed E-state index contributed by atoms with van der Waals surface area (Å²) in [5, 5.41) is 1.29. The highest BCUT2D eigenvalue weighted by Gasteiger charge is 2.23. The van der Waals surface area contributed by atoms with Crippen LogP contribution in [0.3, 0.4) is 0 Å². The van der Waals surface area contributed by atoms with Gasteiger partial charge < -0.3 is 13.9 Å². The Morgan fingerprint density at radius 3 is 2.07 bits per heavy atom. The summed E-state index contributed by atoms with van der Waals surface area (Å²) in [7, 11) is 0. The van der Waals surface area contributed by atoms with E-state index >= 15 is 0 Å². The zero-order valence-corrected chi connectivity index (χ0v) is 16.7. The molecule has 152 valence electrons. The molecule has 2 aromatic carbocycles. The topological polar surface area (TPSA) is 58.7 Å². The van der Waals surface area contributed by atoms with Crippen LogP contribution in [-0.2, 0) is 17.9 Å². The van der Waals surface area contributed by atoms with Crippen molar-refractivity contribution < 1.29 is 9.21 Å². The lowest BCUT2D eigenvalue weighted by molar-refractivity contribution is -0.133. The van der Waals surface area contributed by atoms with Gasteiger partial charge in [-0.25, -0.2) is 0 Å². The van der Waals surface area contributed by atoms with Gasteiger partial charge in [-0.2, -0.15) is 0 Å². The summed E-state index contributed by atoms with van der Waals surface area (Å²) in [5.74, 6) is 1.02. The van der Waals surface area contributed by atoms with Gasteiger partial charge >= 0.3 is 0 Å². The van der Waals surface area contributed by atoms with E-state index in [2.05, 4.69) is 4.90 Å². The van der Waals surface area contributed by atoms with E-state index in [0.717, 1.165) is 36.4 Å². The van der Waals surface area contributed by atoms with Crippen LogP contribution in [0, 0.1) is 0 Å². The van der Waals surface area contributed by atoms with Gasteiger partial charge in [-0.15, -0.1) is 0 Å². The Kier molecular flexibility index (Phi) is 4.85. The number of pyridine rings is 1. The van der Waals surface area contributed by atoms with Gasteiger partial charge in [0.15, 0.2) is 5.43 Å². The maximum absolute atomic E-state index is 13.2. The first-order valence-corrected chi connectivity index (χ1v) is 10.2. The Balaban J connectivity index is 1.38. The van der Waals surface area contributed by atoms with Crippen molar-refractivity contribution in [3.8, 4) is 0 Å². The maximum atomic E-state index is 13.2. The smallest absolute Gasteiger partial charge is 0.242 e. The van der Waals surface area contributed by atoms with E-state index < -0.39 is 0 Å². The van der Waals surface area contributed by atoms with Crippen LogP contribution >= 0.6 is 0 Å². The number of benzene rings is 2. The third-order valence-electron chi connectivity index (χ3n) is 5.86. The summed E-state index contributed by atoms with van der Waals surface area (Å²) in [6.07, 6.45) is 1.69. The molecule has 0 spiro atoms. The molecule has 0 saturated carbocycles. The number of nitrogens with zero attached hydrogens (tertiary/aromatic N) is 3. The molecule has 1 saturated heterocycles. The number of para-hydroxylation sites is 2. The van der Waals surface area contributed by atoms with Crippen molar-refractivity contribution in [3.05, 3.63) is 82.9 Å². The summed E-state index contributed by atoms with van der Waals surface area (Å²) in [6, 6.07) is 18.9. The standard InChI is InChI=1S/C24H23N3O3/c28-23(26-13-11-25(12-14-26)16-18-6-5-15-30-18)17-27-21-9-3-1-7-19(21)24(29)20-8-2-4-10-22(20)27/h1-10,15H,11-14,16-17H2. The number of amides is 1. The number of furan rings is 1. The van der Waals surface area contributed by atoms with Crippen LogP contribution in [0.5, 0.6) is 0 Å². The quantitative estimate of drug-likeness (QED) is 0.493. The molecule has 6 nitrogen and oxygen atoms in total. The summed E-state index contributed by atoms with van der Waals surface area (Å²) < 4.78 is 7.41. The van der Waals surface area contributed by atoms with Crippen molar-refractivity contribution in [2.75, 3.05) is 26.2 Å². The first kappa shape index (κ1) is 18.6. The Morgan fingerprint density at radius 2 is 1.47 bits per heavy atom. The first-order chi connectivity index (χ1) is 14.7. The average Bonchev–Trinajstić information content (AvgIpc) is 3.30. The SMILES string of the molecule is O=C(Cn1c2ccccc2c(=O)c2ccccc21)N1CCN(Cc2ccco2)CC1. The molecular formula is C24H23N3O3. The van der Waals surface area contributed by atoms with Crippen LogP contribution in [0.4, 0.5) is 0 Å². The van der Waals surface area contributed by atoms with E-state index in [1.807, 2.05) is 70.1 Å². The zero-order valence-electron chi connectivity index (χ0n) is 16.7. The van der Waals surface area contributed by atoms with Crippen LogP contribution in [0.1, 0.15) is 5.76 Å². The minimum Gasteiger partial charge on any atom is -0.468 e. The van der Waals surface area contributed by atoms with E-state index in [4.69, 9.17) is 4.42 Å². The van der Waals surface area contributed by atoms with Gasteiger partial charge in [0.05, 0.1) is 23.8 Å². The molecule has 5 rings (SSSR count). The van der Waals surface area contributed by atoms with Crippen molar-refractivity contribution in [2.24, 2.45) is 0 Å². The highest BCUT2D eigenvalue weighted by molar-refractivity contribution is 5.94. The molecule has 0 bridgehead atoms. The van der Waals surface area contributed by atoms with Gasteiger partial charge in [0.25, 0.3) is 0 Å². The Bertz CT molecular complexity index is 1190. The van der Waals surface area contributed by atoms with Gasteiger partial charge in [0.2, 0.25) is 5.91 Å². The minimum absolute atomic E-state index is 0.0106. The normalized spacial score (nSPS) is 15.1. The lowest BCUT2D eigenvalue weighted by atomic mass is 10.1. The van der Waals surface area contributed by atoms with Crippen LogP contribution in [-0.4, -0.2) is 46.5 Å². The molecule has 1 aliphatic rings. The molecule has 0 atom stereocenters. The molecule has 2 aromatic heterocycles. The minimum atomic E-state index is 0.0106. The van der Waals surface area contributed by atoms with Crippen LogP contribution in [0.2, 0.25) is 0 Å². The molecular weight excluding hydrogens is 378 g/mol. The van der Waals surface area contributed by atoms with Crippen molar-refractivity contribution in [1.29, 1.82) is 0 Å². The number of hydrogen-bond acceptors (Lipinski definition) is 4. The van der Waals surface area contributed by atoms with Crippen molar-refractivity contribution in [1.82, 2.24) is 14.4 Å². The van der Waals surface area contributed by atoms with E-state index in [-0.39, 0.29) is 17.9 Å². The Labute approximate surface area is 173 Å². The Hall–Kier alpha value is -3.38. The number of piperazine rings is 1. The number of fused-ring (bicyclic) bond motifs is 2. The second-order valence-corrected chi connectivity index (χ2v) is 7.69. The fourth-order valence-corrected chi connectivity index (χ4v) is 4.26. The van der Waals surface area contributed by atoms with Gasteiger partial charge in [-0.3, -0.25) is 14.5 Å². The van der Waals surface area contributed by atoms with E-state index in [9.17, 15) is 9.59 Å². The number of hydrogen-bond donors (Lipinski definition) is 0. The second-order valence-electron chi connectivity index (χ2n) is 7.69. The monoisotopic (exact) mass is 401 g/mol. The van der Waals surface area contributed by atoms with Gasteiger partial charge in [-0.1, -0.05) is 24.3 Å². The first-order valence-electron chi connectivity index (χ1n) is 10.2. The van der Waals surface area contributed by atoms with Crippen LogP contribution in [0.25, 0.3) is 21.8 Å². The average molecular weight is 401 g/mol. The lowest BCUT2D eigenvalue weighted by Gasteiger charge is -2.34. The van der Waals surface area contributed by atoms with Crippen molar-refractivity contribution >= 4 is 27.7 Å². The molecule has 4 aromatic rings. The van der Waals surface area contributed by atoms with Gasteiger partial charge in [-0.05, 0) is 36.4 Å². The van der Waals surface area contributed by atoms with Crippen molar-refractivity contribution in [2.45, 2.75) is 13.1 Å². The van der Waals surface area contributed by atoms with Crippen molar-refractivity contribution in [3.63, 3.8) is 0 Å². The van der Waals surface area contributed by atoms with Gasteiger partial charge in [0.1, 0.15) is 12.3 Å². The largest absolute Gasteiger partial charge is 0.468 e. The highest BCUT2D eigenvalue weighted by Crippen LogP contribution is 2.20. The molecule has 0 radical (unpaired) electrons. The lowest BCUT2D eigenvalue weighted by Crippen LogP contribution is -2.49. The van der Waals surface area contributed by atoms with E-state index in [0.29, 0.717) is 23.9 Å². The summed E-state index contributed by atoms with van der Waals surface area (Å²) in [4.78, 5) is 30.2. The third kappa shape index (κ3) is 3.39. The summed E-state index contributed by atoms with van der Waals surface area (Å²) >= 11 is 0. The number of rotatable bonds is 4. The molecule has 30 heavy (non-hydrogen) atoms. The molecule has 0 unspecified atom stereocenters. The third-order valence-corrected chi connectivity index (χ3v) is 5.86. The summed E-state index contributed by atoms with van der Waals surface area (Å²) in [5.41, 5.74) is 1.61. The van der Waals surface area contributed by atoms with Gasteiger partial charge in [0, 0.05) is 37.0 Å². The fraction of sp³-hybridized carbons (Fsp3) is 0.250. The zero-order chi connectivity index (χ0) is 20.5. The molecule has 1 fully saturated rings. The second kappa shape index (κ2) is 7.80. The summed E-state index contributed by atoms with van der Waals surface area (Å²) in [6.45, 7) is 4.00. The molecule has 3 heterocycles. The molecule has 1 aliphatic heterocycles. The predicted octanol–water partition coefficient (Wildman–Crippen LogP) is 3.09. The van der Waals surface area contributed by atoms with Crippen LogP contribution < -0.4 is 5.43 Å². The molecule has 0 aliphatic carbocycles. The maximum Gasteiger partial charge on any atom is 0.242 e. The number of carbonyl (C=O) groups is 1. The molecule has 0 N–H and O–H groups in total. The fourth-order valence-electron chi connectivity index (χ4n) is 4.26. The number of carbonyl (C=O) groups excluding carboxylic acids is 1. The predicted molar refractivity (Wildman–Crippen MR) is 116 cm³/mol.